The highest BCUT2D eigenvalue weighted by molar-refractivity contribution is 5.93. The Bertz CT molecular complexity index is 1170. The first kappa shape index (κ1) is 19.6. The lowest BCUT2D eigenvalue weighted by Gasteiger charge is -2.34. The van der Waals surface area contributed by atoms with Gasteiger partial charge in [0.05, 0.1) is 0 Å². The van der Waals surface area contributed by atoms with Gasteiger partial charge in [-0.05, 0) is 36.4 Å². The van der Waals surface area contributed by atoms with Gasteiger partial charge in [-0.2, -0.15) is 0 Å². The number of anilines is 3. The fourth-order valence-electron chi connectivity index (χ4n) is 3.46. The normalized spacial score (nSPS) is 13.8. The number of nitrogens with zero attached hydrogens (tertiary/aromatic N) is 7. The molecule has 1 fully saturated rings. The van der Waals surface area contributed by atoms with E-state index >= 15 is 0 Å². The van der Waals surface area contributed by atoms with E-state index in [0.717, 1.165) is 17.1 Å². The summed E-state index contributed by atoms with van der Waals surface area (Å²) in [6.45, 7) is 2.44. The molecule has 0 aliphatic carbocycles. The van der Waals surface area contributed by atoms with E-state index in [2.05, 4.69) is 35.5 Å². The zero-order valence-electron chi connectivity index (χ0n) is 17.1. The van der Waals surface area contributed by atoms with E-state index < -0.39 is 0 Å². The molecule has 1 aliphatic heterocycles. The van der Waals surface area contributed by atoms with Gasteiger partial charge in [0.25, 0.3) is 5.91 Å². The number of rotatable bonds is 5. The van der Waals surface area contributed by atoms with Gasteiger partial charge in [-0.1, -0.05) is 5.16 Å². The first-order valence-corrected chi connectivity index (χ1v) is 10.2. The van der Waals surface area contributed by atoms with E-state index in [4.69, 9.17) is 4.52 Å². The van der Waals surface area contributed by atoms with Gasteiger partial charge in [0, 0.05) is 68.3 Å². The van der Waals surface area contributed by atoms with Crippen LogP contribution in [0, 0.1) is 0 Å². The molecule has 0 bridgehead atoms. The molecule has 0 aromatic carbocycles. The molecule has 4 aromatic heterocycles. The fraction of sp³-hybridized carbons (Fsp3) is 0.182. The highest BCUT2D eigenvalue weighted by Gasteiger charge is 2.25. The summed E-state index contributed by atoms with van der Waals surface area (Å²) in [4.78, 5) is 24.8. The molecule has 0 atom stereocenters. The number of nitrogens with one attached hydrogen (secondary N) is 1. The predicted molar refractivity (Wildman–Crippen MR) is 117 cm³/mol. The number of carbonyl (C=O) groups is 1. The van der Waals surface area contributed by atoms with Crippen LogP contribution in [0.3, 0.4) is 0 Å². The zero-order chi connectivity index (χ0) is 21.8. The first-order valence-electron chi connectivity index (χ1n) is 10.2. The average molecular weight is 428 g/mol. The monoisotopic (exact) mass is 428 g/mol. The van der Waals surface area contributed by atoms with Crippen molar-refractivity contribution in [3.63, 3.8) is 0 Å². The molecule has 4 aromatic rings. The van der Waals surface area contributed by atoms with Crippen LogP contribution in [0.2, 0.25) is 0 Å². The lowest BCUT2D eigenvalue weighted by Crippen LogP contribution is -2.49. The molecule has 10 nitrogen and oxygen atoms in total. The number of aromatic nitrogens is 5. The van der Waals surface area contributed by atoms with E-state index in [1.165, 1.54) is 0 Å². The van der Waals surface area contributed by atoms with Crippen LogP contribution >= 0.6 is 0 Å². The molecule has 0 saturated carbocycles. The summed E-state index contributed by atoms with van der Waals surface area (Å²) in [5.41, 5.74) is 1.97. The van der Waals surface area contributed by atoms with Gasteiger partial charge in [0.1, 0.15) is 0 Å². The Morgan fingerprint density at radius 1 is 0.938 bits per heavy atom. The van der Waals surface area contributed by atoms with Crippen molar-refractivity contribution in [3.8, 4) is 11.3 Å². The summed E-state index contributed by atoms with van der Waals surface area (Å²) in [7, 11) is 0. The maximum absolute atomic E-state index is 12.8. The number of pyridine rings is 2. The van der Waals surface area contributed by atoms with Crippen LogP contribution < -0.4 is 10.2 Å². The molecular weight excluding hydrogens is 408 g/mol. The van der Waals surface area contributed by atoms with Crippen molar-refractivity contribution >= 4 is 23.2 Å². The van der Waals surface area contributed by atoms with Crippen molar-refractivity contribution < 1.29 is 9.32 Å². The maximum atomic E-state index is 12.8. The molecule has 0 radical (unpaired) electrons. The number of carbonyl (C=O) groups excluding carboxylic acids is 1. The average Bonchev–Trinajstić information content (AvgIpc) is 3.36. The Morgan fingerprint density at radius 2 is 1.78 bits per heavy atom. The first-order chi connectivity index (χ1) is 15.8. The van der Waals surface area contributed by atoms with Crippen molar-refractivity contribution in [2.24, 2.45) is 0 Å². The summed E-state index contributed by atoms with van der Waals surface area (Å²) in [6.07, 6.45) is 6.78. The van der Waals surface area contributed by atoms with Crippen molar-refractivity contribution in [1.29, 1.82) is 0 Å². The van der Waals surface area contributed by atoms with Gasteiger partial charge in [-0.25, -0.2) is 0 Å². The molecule has 160 valence electrons. The molecule has 5 heterocycles. The zero-order valence-corrected chi connectivity index (χ0v) is 17.1. The smallest absolute Gasteiger partial charge is 0.276 e. The van der Waals surface area contributed by atoms with E-state index in [0.29, 0.717) is 43.5 Å². The molecular formula is C22H20N8O2. The van der Waals surface area contributed by atoms with Gasteiger partial charge < -0.3 is 19.6 Å². The SMILES string of the molecule is O=C(c1cc(-c2cccnc2)on1)N1CCN(c2ccc(Nc3ccncc3)nn2)CC1. The van der Waals surface area contributed by atoms with Crippen LogP contribution in [0.15, 0.2) is 71.8 Å². The fourth-order valence-corrected chi connectivity index (χ4v) is 3.46. The third-order valence-electron chi connectivity index (χ3n) is 5.17. The van der Waals surface area contributed by atoms with Crippen LogP contribution in [0.25, 0.3) is 11.3 Å². The van der Waals surface area contributed by atoms with Gasteiger partial charge in [-0.3, -0.25) is 14.8 Å². The highest BCUT2D eigenvalue weighted by Crippen LogP contribution is 2.21. The molecule has 0 unspecified atom stereocenters. The number of amides is 1. The second-order valence-corrected chi connectivity index (χ2v) is 7.24. The standard InChI is InChI=1S/C22H20N8O2/c31-22(18-14-19(32-28-18)16-2-1-7-24-15-16)30-12-10-29(11-13-30)21-4-3-20(26-27-21)25-17-5-8-23-9-6-17/h1-9,14-15H,10-13H2,(H,23,25,26). The van der Waals surface area contributed by atoms with Gasteiger partial charge >= 0.3 is 0 Å². The second kappa shape index (κ2) is 8.80. The molecule has 1 amide bonds. The second-order valence-electron chi connectivity index (χ2n) is 7.24. The molecule has 10 heteroatoms. The van der Waals surface area contributed by atoms with E-state index in [9.17, 15) is 4.79 Å². The van der Waals surface area contributed by atoms with E-state index in [1.807, 2.05) is 36.4 Å². The van der Waals surface area contributed by atoms with Crippen molar-refractivity contribution in [3.05, 3.63) is 72.9 Å². The third-order valence-corrected chi connectivity index (χ3v) is 5.17. The molecule has 1 N–H and O–H groups in total. The number of piperazine rings is 1. The van der Waals surface area contributed by atoms with Crippen molar-refractivity contribution in [2.45, 2.75) is 0 Å². The molecule has 1 aliphatic rings. The predicted octanol–water partition coefficient (Wildman–Crippen LogP) is 2.63. The quantitative estimate of drug-likeness (QED) is 0.512. The minimum Gasteiger partial charge on any atom is -0.355 e. The highest BCUT2D eigenvalue weighted by atomic mass is 16.5. The van der Waals surface area contributed by atoms with Crippen LogP contribution in [0.5, 0.6) is 0 Å². The maximum Gasteiger partial charge on any atom is 0.276 e. The Kier molecular flexibility index (Phi) is 5.39. The summed E-state index contributed by atoms with van der Waals surface area (Å²) in [5, 5.41) is 15.7. The third kappa shape index (κ3) is 4.24. The Hall–Kier alpha value is -4.34. The van der Waals surface area contributed by atoms with Gasteiger partial charge in [-0.15, -0.1) is 10.2 Å². The largest absolute Gasteiger partial charge is 0.355 e. The Labute approximate surface area is 183 Å². The summed E-state index contributed by atoms with van der Waals surface area (Å²) in [6, 6.07) is 12.9. The van der Waals surface area contributed by atoms with Crippen molar-refractivity contribution in [1.82, 2.24) is 30.2 Å². The minimum atomic E-state index is -0.147. The molecule has 5 rings (SSSR count). The molecule has 1 saturated heterocycles. The molecule has 32 heavy (non-hydrogen) atoms. The van der Waals surface area contributed by atoms with Crippen LogP contribution in [-0.4, -0.2) is 62.3 Å². The number of hydrogen-bond acceptors (Lipinski definition) is 9. The lowest BCUT2D eigenvalue weighted by atomic mass is 10.2. The Balaban J connectivity index is 1.18. The lowest BCUT2D eigenvalue weighted by molar-refractivity contribution is 0.0736. The van der Waals surface area contributed by atoms with Gasteiger partial charge in [0.2, 0.25) is 0 Å². The Morgan fingerprint density at radius 3 is 2.50 bits per heavy atom. The summed E-state index contributed by atoms with van der Waals surface area (Å²) >= 11 is 0. The topological polar surface area (TPSA) is 113 Å². The molecule has 0 spiro atoms. The van der Waals surface area contributed by atoms with E-state index in [1.54, 1.807) is 35.8 Å². The van der Waals surface area contributed by atoms with E-state index in [-0.39, 0.29) is 5.91 Å². The number of hydrogen-bond donors (Lipinski definition) is 1. The summed E-state index contributed by atoms with van der Waals surface area (Å²) < 4.78 is 5.33. The summed E-state index contributed by atoms with van der Waals surface area (Å²) in [5.74, 6) is 1.81. The van der Waals surface area contributed by atoms with Gasteiger partial charge in [0.15, 0.2) is 23.1 Å². The van der Waals surface area contributed by atoms with Crippen LogP contribution in [0.4, 0.5) is 17.3 Å². The van der Waals surface area contributed by atoms with Crippen LogP contribution in [0.1, 0.15) is 10.5 Å². The van der Waals surface area contributed by atoms with Crippen LogP contribution in [-0.2, 0) is 0 Å². The van der Waals surface area contributed by atoms with Crippen molar-refractivity contribution in [2.75, 3.05) is 36.4 Å². The minimum absolute atomic E-state index is 0.147.